The minimum absolute atomic E-state index is 0.0566. The minimum atomic E-state index is -4.68. The first-order valence-corrected chi connectivity index (χ1v) is 13.0. The van der Waals surface area contributed by atoms with E-state index in [0.29, 0.717) is 23.2 Å². The topological polar surface area (TPSA) is 93.0 Å². The van der Waals surface area contributed by atoms with Crippen LogP contribution < -0.4 is 5.32 Å². The number of likely N-dealkylation sites (tertiary alicyclic amines) is 1. The number of Topliss-reactive ketones (excluding diaryl/α,β-unsaturated/α-hetero) is 1. The monoisotopic (exact) mass is 554 g/mol. The van der Waals surface area contributed by atoms with Gasteiger partial charge in [0.2, 0.25) is 0 Å². The number of carbonyl (C=O) groups excluding carboxylic acids is 2. The predicted molar refractivity (Wildman–Crippen MR) is 134 cm³/mol. The lowest BCUT2D eigenvalue weighted by atomic mass is 10.00. The quantitative estimate of drug-likeness (QED) is 0.367. The van der Waals surface area contributed by atoms with Gasteiger partial charge in [0, 0.05) is 32.1 Å². The molecular formula is C24H26ClF3N6O2S. The predicted octanol–water partition coefficient (Wildman–Crippen LogP) is 5.56. The summed E-state index contributed by atoms with van der Waals surface area (Å²) in [5.41, 5.74) is 0.377. The Hall–Kier alpha value is -2.83. The van der Waals surface area contributed by atoms with E-state index in [2.05, 4.69) is 25.3 Å². The number of ketones is 1. The van der Waals surface area contributed by atoms with Crippen LogP contribution in [0.15, 0.2) is 24.7 Å². The first-order chi connectivity index (χ1) is 17.5. The Morgan fingerprint density at radius 2 is 1.89 bits per heavy atom. The number of anilines is 1. The number of halogens is 4. The molecule has 0 unspecified atom stereocenters. The normalized spacial score (nSPS) is 15.5. The molecule has 0 radical (unpaired) electrons. The summed E-state index contributed by atoms with van der Waals surface area (Å²) in [5, 5.41) is 6.65. The molecule has 1 aliphatic heterocycles. The summed E-state index contributed by atoms with van der Waals surface area (Å²) >= 11 is 6.66. The third kappa shape index (κ3) is 6.55. The van der Waals surface area contributed by atoms with Crippen LogP contribution in [-0.4, -0.2) is 49.4 Å². The van der Waals surface area contributed by atoms with Crippen molar-refractivity contribution in [2.24, 2.45) is 7.05 Å². The average Bonchev–Trinajstić information content (AvgIpc) is 3.48. The summed E-state index contributed by atoms with van der Waals surface area (Å²) in [4.78, 5) is 36.3. The number of piperidine rings is 1. The fourth-order valence-corrected chi connectivity index (χ4v) is 5.29. The molecule has 8 nitrogen and oxygen atoms in total. The zero-order valence-electron chi connectivity index (χ0n) is 20.3. The van der Waals surface area contributed by atoms with Crippen molar-refractivity contribution in [2.45, 2.75) is 51.2 Å². The summed E-state index contributed by atoms with van der Waals surface area (Å²) in [6.45, 7) is 4.52. The molecule has 4 rings (SSSR count). The van der Waals surface area contributed by atoms with Crippen molar-refractivity contribution in [1.29, 1.82) is 0 Å². The lowest BCUT2D eigenvalue weighted by molar-refractivity contribution is -0.137. The van der Waals surface area contributed by atoms with E-state index in [1.165, 1.54) is 12.6 Å². The number of aromatic nitrogens is 4. The van der Waals surface area contributed by atoms with E-state index in [9.17, 15) is 22.8 Å². The summed E-state index contributed by atoms with van der Waals surface area (Å²) in [5.74, 6) is -1.26. The van der Waals surface area contributed by atoms with E-state index in [0.717, 1.165) is 49.2 Å². The number of amides is 1. The molecule has 13 heteroatoms. The molecule has 0 aromatic carbocycles. The van der Waals surface area contributed by atoms with Crippen molar-refractivity contribution in [3.63, 3.8) is 0 Å². The van der Waals surface area contributed by atoms with Gasteiger partial charge in [-0.2, -0.15) is 18.3 Å². The van der Waals surface area contributed by atoms with E-state index in [-0.39, 0.29) is 28.8 Å². The van der Waals surface area contributed by atoms with Gasteiger partial charge >= 0.3 is 6.18 Å². The van der Waals surface area contributed by atoms with Crippen molar-refractivity contribution in [3.05, 3.63) is 56.4 Å². The van der Waals surface area contributed by atoms with E-state index >= 15 is 0 Å². The standard InChI is InChI=1S/C24H26ClF3N6O2S/c1-14(8-19(35)15-10-31-33(2)18(15)13-34-6-4-3-5-7-34)23-30-12-20(37-23)22(36)32-21-9-16(24(26,27)28)17(25)11-29-21/h9-12,14H,3-8,13H2,1-2H3,(H,29,32,36)/t14-/m0/s1. The van der Waals surface area contributed by atoms with Crippen molar-refractivity contribution < 1.29 is 22.8 Å². The number of carbonyl (C=O) groups is 2. The molecule has 1 amide bonds. The van der Waals surface area contributed by atoms with Crippen LogP contribution in [0.1, 0.15) is 74.8 Å². The lowest BCUT2D eigenvalue weighted by Gasteiger charge is -2.26. The Balaban J connectivity index is 1.41. The second kappa shape index (κ2) is 11.3. The number of nitrogens with one attached hydrogen (secondary N) is 1. The highest BCUT2D eigenvalue weighted by atomic mass is 35.5. The third-order valence-corrected chi connectivity index (χ3v) is 7.78. The van der Waals surface area contributed by atoms with Crippen LogP contribution in [0.4, 0.5) is 19.0 Å². The van der Waals surface area contributed by atoms with Crippen LogP contribution in [-0.2, 0) is 19.8 Å². The van der Waals surface area contributed by atoms with E-state index in [1.54, 1.807) is 10.9 Å². The maximum atomic E-state index is 13.1. The van der Waals surface area contributed by atoms with Crippen LogP contribution >= 0.6 is 22.9 Å². The molecule has 3 aromatic heterocycles. The molecule has 1 fully saturated rings. The molecule has 198 valence electrons. The Morgan fingerprint density at radius 3 is 2.59 bits per heavy atom. The Bertz CT molecular complexity index is 1290. The van der Waals surface area contributed by atoms with Gasteiger partial charge in [0.1, 0.15) is 10.7 Å². The van der Waals surface area contributed by atoms with Crippen molar-refractivity contribution >= 4 is 40.4 Å². The zero-order valence-corrected chi connectivity index (χ0v) is 21.9. The van der Waals surface area contributed by atoms with E-state index < -0.39 is 22.7 Å². The fraction of sp³-hybridized carbons (Fsp3) is 0.458. The van der Waals surface area contributed by atoms with Crippen LogP contribution in [0.3, 0.4) is 0 Å². The van der Waals surface area contributed by atoms with Crippen LogP contribution in [0, 0.1) is 0 Å². The molecule has 4 heterocycles. The number of alkyl halides is 3. The molecule has 0 bridgehead atoms. The fourth-order valence-electron chi connectivity index (χ4n) is 4.21. The second-order valence-electron chi connectivity index (χ2n) is 9.06. The molecular weight excluding hydrogens is 529 g/mol. The number of hydrogen-bond acceptors (Lipinski definition) is 7. The van der Waals surface area contributed by atoms with Gasteiger partial charge in [-0.05, 0) is 32.0 Å². The number of thiazole rings is 1. The maximum absolute atomic E-state index is 13.1. The molecule has 37 heavy (non-hydrogen) atoms. The Kier molecular flexibility index (Phi) is 8.29. The van der Waals surface area contributed by atoms with E-state index in [4.69, 9.17) is 11.6 Å². The van der Waals surface area contributed by atoms with Gasteiger partial charge in [-0.15, -0.1) is 11.3 Å². The highest BCUT2D eigenvalue weighted by Gasteiger charge is 2.34. The first kappa shape index (κ1) is 27.2. The largest absolute Gasteiger partial charge is 0.418 e. The van der Waals surface area contributed by atoms with Crippen molar-refractivity contribution in [1.82, 2.24) is 24.6 Å². The van der Waals surface area contributed by atoms with Gasteiger partial charge in [0.15, 0.2) is 5.78 Å². The van der Waals surface area contributed by atoms with Crippen molar-refractivity contribution in [2.75, 3.05) is 18.4 Å². The Labute approximate surface area is 220 Å². The number of hydrogen-bond donors (Lipinski definition) is 1. The Morgan fingerprint density at radius 1 is 1.16 bits per heavy atom. The highest BCUT2D eigenvalue weighted by Crippen LogP contribution is 2.35. The van der Waals surface area contributed by atoms with Gasteiger partial charge in [0.25, 0.3) is 5.91 Å². The summed E-state index contributed by atoms with van der Waals surface area (Å²) in [6, 6.07) is 0.679. The molecule has 0 spiro atoms. The molecule has 3 aromatic rings. The van der Waals surface area contributed by atoms with Gasteiger partial charge in [0.05, 0.1) is 39.2 Å². The summed E-state index contributed by atoms with van der Waals surface area (Å²) in [6.07, 6.45) is 2.80. The second-order valence-corrected chi connectivity index (χ2v) is 10.5. The average molecular weight is 555 g/mol. The maximum Gasteiger partial charge on any atom is 0.418 e. The van der Waals surface area contributed by atoms with Gasteiger partial charge in [-0.3, -0.25) is 19.2 Å². The molecule has 0 saturated carbocycles. The van der Waals surface area contributed by atoms with Gasteiger partial charge in [-0.25, -0.2) is 9.97 Å². The van der Waals surface area contributed by atoms with E-state index in [1.807, 2.05) is 14.0 Å². The van der Waals surface area contributed by atoms with Crippen LogP contribution in [0.2, 0.25) is 5.02 Å². The van der Waals surface area contributed by atoms with Crippen molar-refractivity contribution in [3.8, 4) is 0 Å². The third-order valence-electron chi connectivity index (χ3n) is 6.25. The summed E-state index contributed by atoms with van der Waals surface area (Å²) < 4.78 is 41.0. The lowest BCUT2D eigenvalue weighted by Crippen LogP contribution is -2.30. The number of pyridine rings is 1. The van der Waals surface area contributed by atoms with Gasteiger partial charge < -0.3 is 5.32 Å². The molecule has 1 atom stereocenters. The first-order valence-electron chi connectivity index (χ1n) is 11.8. The molecule has 1 N–H and O–H groups in total. The summed E-state index contributed by atoms with van der Waals surface area (Å²) in [7, 11) is 1.83. The molecule has 1 aliphatic rings. The smallest absolute Gasteiger partial charge is 0.306 e. The number of nitrogens with zero attached hydrogens (tertiary/aromatic N) is 5. The minimum Gasteiger partial charge on any atom is -0.306 e. The zero-order chi connectivity index (χ0) is 26.7. The number of aryl methyl sites for hydroxylation is 1. The van der Waals surface area contributed by atoms with Gasteiger partial charge in [-0.1, -0.05) is 24.9 Å². The molecule has 1 saturated heterocycles. The highest BCUT2D eigenvalue weighted by molar-refractivity contribution is 7.13. The SMILES string of the molecule is C[C@@H](CC(=O)c1cnn(C)c1CN1CCCCC1)c1ncc(C(=O)Nc2cc(C(F)(F)F)c(Cl)cn2)s1. The molecule has 0 aliphatic carbocycles. The van der Waals surface area contributed by atoms with Crippen LogP contribution in [0.5, 0.6) is 0 Å². The number of rotatable bonds is 8. The van der Waals surface area contributed by atoms with Crippen LogP contribution in [0.25, 0.3) is 0 Å².